The van der Waals surface area contributed by atoms with Gasteiger partial charge in [-0.3, -0.25) is 0 Å². The third-order valence-corrected chi connectivity index (χ3v) is 1.21. The van der Waals surface area contributed by atoms with E-state index in [1.54, 1.807) is 6.54 Å². The van der Waals surface area contributed by atoms with Crippen molar-refractivity contribution in [2.45, 2.75) is 25.7 Å². The largest absolute Gasteiger partial charge is 0.326 e. The first-order valence-electron chi connectivity index (χ1n) is 3.49. The number of hydrogen-bond donors (Lipinski definition) is 1. The number of rotatable bonds is 6. The van der Waals surface area contributed by atoms with Crippen molar-refractivity contribution in [2.24, 2.45) is 10.7 Å². The molecule has 10 heavy (non-hydrogen) atoms. The highest BCUT2D eigenvalue weighted by atomic mass is 16.1. The zero-order valence-corrected chi connectivity index (χ0v) is 6.05. The second kappa shape index (κ2) is 8.34. The summed E-state index contributed by atoms with van der Waals surface area (Å²) in [4.78, 5) is 13.0. The monoisotopic (exact) mass is 141 g/mol. The predicted molar refractivity (Wildman–Crippen MR) is 39.9 cm³/mol. The Kier molecular flexibility index (Phi) is 7.79. The van der Waals surface area contributed by atoms with Crippen LogP contribution < -0.4 is 5.73 Å². The molecule has 0 heterocycles. The molecule has 0 spiro atoms. The zero-order chi connectivity index (χ0) is 7.66. The molecule has 0 atom stereocenters. The summed E-state index contributed by atoms with van der Waals surface area (Å²) in [6.07, 6.45) is 5.58. The van der Waals surface area contributed by atoms with E-state index in [2.05, 4.69) is 4.99 Å². The number of nitrogens with zero attached hydrogens (tertiary/aromatic N) is 1. The lowest BCUT2D eigenvalue weighted by atomic mass is 10.2. The molecular formula is C7H13N2O. The molecule has 2 N–H and O–H groups in total. The molecule has 0 aromatic carbocycles. The molecule has 0 aliphatic heterocycles. The van der Waals surface area contributed by atoms with Gasteiger partial charge < -0.3 is 5.73 Å². The van der Waals surface area contributed by atoms with Crippen molar-refractivity contribution in [3.8, 4) is 0 Å². The minimum Gasteiger partial charge on any atom is -0.326 e. The number of isocyanates is 1. The second-order valence-electron chi connectivity index (χ2n) is 2.06. The molecule has 0 aliphatic carbocycles. The lowest BCUT2D eigenvalue weighted by Crippen LogP contribution is -1.90. The highest BCUT2D eigenvalue weighted by Gasteiger charge is 1.86. The van der Waals surface area contributed by atoms with Crippen LogP contribution in [0.25, 0.3) is 0 Å². The fourth-order valence-electron chi connectivity index (χ4n) is 0.675. The standard InChI is InChI=1S/C7H13N2O/c8-5-3-1-2-4-6-9-7-10/h5H,1-4,6,8H2. The van der Waals surface area contributed by atoms with Gasteiger partial charge in [-0.2, -0.15) is 0 Å². The fourth-order valence-corrected chi connectivity index (χ4v) is 0.675. The number of carbonyl (C=O) groups excluding carboxylic acids is 1. The van der Waals surface area contributed by atoms with E-state index in [9.17, 15) is 4.79 Å². The first-order valence-corrected chi connectivity index (χ1v) is 3.49. The number of nitrogens with two attached hydrogens (primary N) is 1. The zero-order valence-electron chi connectivity index (χ0n) is 6.05. The summed E-state index contributed by atoms with van der Waals surface area (Å²) >= 11 is 0. The van der Waals surface area contributed by atoms with Crippen LogP contribution in [-0.2, 0) is 4.79 Å². The maximum absolute atomic E-state index is 9.58. The summed E-state index contributed by atoms with van der Waals surface area (Å²) in [5.41, 5.74) is 5.16. The van der Waals surface area contributed by atoms with Crippen LogP contribution in [0.4, 0.5) is 0 Å². The van der Waals surface area contributed by atoms with Gasteiger partial charge in [-0.15, -0.1) is 0 Å². The van der Waals surface area contributed by atoms with E-state index in [1.807, 2.05) is 0 Å². The van der Waals surface area contributed by atoms with Gasteiger partial charge in [-0.05, 0) is 12.8 Å². The van der Waals surface area contributed by atoms with Gasteiger partial charge in [-0.1, -0.05) is 12.8 Å². The molecule has 57 valence electrons. The molecule has 0 fully saturated rings. The second-order valence-corrected chi connectivity index (χ2v) is 2.06. The Morgan fingerprint density at radius 3 is 2.80 bits per heavy atom. The predicted octanol–water partition coefficient (Wildman–Crippen LogP) is 1.00. The van der Waals surface area contributed by atoms with Gasteiger partial charge in [0.1, 0.15) is 0 Å². The van der Waals surface area contributed by atoms with Crippen molar-refractivity contribution in [1.29, 1.82) is 0 Å². The van der Waals surface area contributed by atoms with Crippen molar-refractivity contribution in [1.82, 2.24) is 0 Å². The molecule has 1 radical (unpaired) electrons. The smallest absolute Gasteiger partial charge is 0.234 e. The van der Waals surface area contributed by atoms with E-state index in [0.29, 0.717) is 6.54 Å². The van der Waals surface area contributed by atoms with Crippen molar-refractivity contribution < 1.29 is 4.79 Å². The Balaban J connectivity index is 2.83. The Morgan fingerprint density at radius 1 is 1.40 bits per heavy atom. The molecule has 0 bridgehead atoms. The van der Waals surface area contributed by atoms with Crippen LogP contribution in [0.3, 0.4) is 0 Å². The molecule has 0 saturated heterocycles. The molecule has 0 unspecified atom stereocenters. The lowest BCUT2D eigenvalue weighted by molar-refractivity contribution is 0.561. The summed E-state index contributed by atoms with van der Waals surface area (Å²) < 4.78 is 0. The Labute approximate surface area is 61.3 Å². The van der Waals surface area contributed by atoms with Gasteiger partial charge in [0, 0.05) is 6.54 Å². The molecule has 0 aliphatic rings. The molecule has 3 heteroatoms. The summed E-state index contributed by atoms with van der Waals surface area (Å²) in [6, 6.07) is 0. The topological polar surface area (TPSA) is 55.4 Å². The van der Waals surface area contributed by atoms with Gasteiger partial charge in [0.2, 0.25) is 6.08 Å². The molecule has 0 amide bonds. The quantitative estimate of drug-likeness (QED) is 0.341. The van der Waals surface area contributed by atoms with Crippen LogP contribution >= 0.6 is 0 Å². The minimum absolute atomic E-state index is 0.605. The number of hydrogen-bond acceptors (Lipinski definition) is 3. The van der Waals surface area contributed by atoms with Crippen LogP contribution in [0.5, 0.6) is 0 Å². The van der Waals surface area contributed by atoms with Crippen molar-refractivity contribution in [3.05, 3.63) is 6.54 Å². The minimum atomic E-state index is 0.605. The maximum Gasteiger partial charge on any atom is 0.234 e. The summed E-state index contributed by atoms with van der Waals surface area (Å²) in [6.45, 7) is 2.26. The van der Waals surface area contributed by atoms with E-state index in [0.717, 1.165) is 25.7 Å². The molecular weight excluding hydrogens is 128 g/mol. The van der Waals surface area contributed by atoms with Gasteiger partial charge in [-0.25, -0.2) is 9.79 Å². The fraction of sp³-hybridized carbons (Fsp3) is 0.714. The van der Waals surface area contributed by atoms with Gasteiger partial charge in [0.05, 0.1) is 6.54 Å². The highest BCUT2D eigenvalue weighted by molar-refractivity contribution is 5.32. The van der Waals surface area contributed by atoms with Crippen LogP contribution in [0.1, 0.15) is 25.7 Å². The molecule has 0 saturated carbocycles. The van der Waals surface area contributed by atoms with Gasteiger partial charge >= 0.3 is 0 Å². The summed E-state index contributed by atoms with van der Waals surface area (Å²) in [7, 11) is 0. The van der Waals surface area contributed by atoms with Crippen LogP contribution in [0.2, 0.25) is 0 Å². The Hall–Kier alpha value is -0.660. The van der Waals surface area contributed by atoms with Crippen LogP contribution in [0.15, 0.2) is 4.99 Å². The third-order valence-electron chi connectivity index (χ3n) is 1.21. The normalized spacial score (nSPS) is 8.90. The number of unbranched alkanes of at least 4 members (excludes halogenated alkanes) is 3. The van der Waals surface area contributed by atoms with E-state index < -0.39 is 0 Å². The first-order chi connectivity index (χ1) is 4.91. The van der Waals surface area contributed by atoms with Crippen molar-refractivity contribution in [2.75, 3.05) is 6.54 Å². The van der Waals surface area contributed by atoms with E-state index in [4.69, 9.17) is 5.73 Å². The summed E-state index contributed by atoms with van der Waals surface area (Å²) in [5, 5.41) is 0. The molecule has 3 nitrogen and oxygen atoms in total. The SMILES string of the molecule is N[CH]CCCCCN=C=O. The Bertz CT molecular complexity index is 108. The lowest BCUT2D eigenvalue weighted by Gasteiger charge is -1.93. The Morgan fingerprint density at radius 2 is 2.20 bits per heavy atom. The van der Waals surface area contributed by atoms with Crippen LogP contribution in [-0.4, -0.2) is 12.6 Å². The molecule has 0 aromatic heterocycles. The number of aliphatic imine (C=N–C) groups is 1. The van der Waals surface area contributed by atoms with E-state index in [-0.39, 0.29) is 0 Å². The van der Waals surface area contributed by atoms with Crippen molar-refractivity contribution >= 4 is 6.08 Å². The molecule has 0 aromatic rings. The van der Waals surface area contributed by atoms with E-state index >= 15 is 0 Å². The average Bonchev–Trinajstić information content (AvgIpc) is 1.97. The average molecular weight is 141 g/mol. The first kappa shape index (κ1) is 9.34. The van der Waals surface area contributed by atoms with Gasteiger partial charge in [0.15, 0.2) is 0 Å². The van der Waals surface area contributed by atoms with Crippen molar-refractivity contribution in [3.63, 3.8) is 0 Å². The van der Waals surface area contributed by atoms with Crippen LogP contribution in [0, 0.1) is 6.54 Å². The van der Waals surface area contributed by atoms with E-state index in [1.165, 1.54) is 6.08 Å². The molecule has 0 rings (SSSR count). The van der Waals surface area contributed by atoms with Gasteiger partial charge in [0.25, 0.3) is 0 Å². The highest BCUT2D eigenvalue weighted by Crippen LogP contribution is 1.99. The third kappa shape index (κ3) is 7.34. The maximum atomic E-state index is 9.58. The summed E-state index contributed by atoms with van der Waals surface area (Å²) in [5.74, 6) is 0.